The Kier molecular flexibility index (Phi) is 4.28. The summed E-state index contributed by atoms with van der Waals surface area (Å²) in [6.07, 6.45) is 4.05. The Morgan fingerprint density at radius 2 is 2.05 bits per heavy atom. The summed E-state index contributed by atoms with van der Waals surface area (Å²) >= 11 is 0. The smallest absolute Gasteiger partial charge is 0.326 e. The molecule has 2 rings (SSSR count). The van der Waals surface area contributed by atoms with Gasteiger partial charge in [0, 0.05) is 5.92 Å². The van der Waals surface area contributed by atoms with Gasteiger partial charge >= 0.3 is 5.97 Å². The Bertz CT molecular complexity index is 587. The molecular weight excluding hydrogens is 262 g/mol. The van der Waals surface area contributed by atoms with E-state index in [1.165, 1.54) is 7.11 Å². The summed E-state index contributed by atoms with van der Waals surface area (Å²) in [7, 11) is 1.33. The van der Waals surface area contributed by atoms with E-state index in [9.17, 15) is 10.1 Å². The minimum Gasteiger partial charge on any atom is -0.468 e. The molecular formula is C18H19NO2. The number of ether oxygens (including phenoxy) is 1. The molecule has 1 aromatic carbocycles. The third-order valence-corrected chi connectivity index (χ3v) is 4.45. The molecule has 0 aromatic heterocycles. The van der Waals surface area contributed by atoms with Crippen molar-refractivity contribution in [3.8, 4) is 6.07 Å². The van der Waals surface area contributed by atoms with Crippen LogP contribution >= 0.6 is 0 Å². The highest BCUT2D eigenvalue weighted by Gasteiger charge is 2.58. The van der Waals surface area contributed by atoms with Crippen LogP contribution in [0.3, 0.4) is 0 Å². The normalized spacial score (nSPS) is 31.1. The molecule has 0 amide bonds. The number of esters is 1. The lowest BCUT2D eigenvalue weighted by molar-refractivity contribution is -0.150. The predicted molar refractivity (Wildman–Crippen MR) is 81.2 cm³/mol. The molecule has 0 radical (unpaired) electrons. The van der Waals surface area contributed by atoms with E-state index in [0.717, 1.165) is 5.56 Å². The summed E-state index contributed by atoms with van der Waals surface area (Å²) in [5, 5.41) is 9.76. The van der Waals surface area contributed by atoms with Crippen molar-refractivity contribution >= 4 is 5.97 Å². The number of hydrogen-bond acceptors (Lipinski definition) is 3. The number of carbonyl (C=O) groups excluding carboxylic acids is 1. The molecule has 0 spiro atoms. The minimum absolute atomic E-state index is 0.0105. The average molecular weight is 281 g/mol. The molecule has 0 N–H and O–H groups in total. The molecule has 1 aromatic rings. The number of carbonyl (C=O) groups is 1. The fraction of sp³-hybridized carbons (Fsp3) is 0.333. The van der Waals surface area contributed by atoms with E-state index in [1.807, 2.05) is 42.5 Å². The molecule has 0 unspecified atom stereocenters. The van der Waals surface area contributed by atoms with E-state index in [0.29, 0.717) is 6.42 Å². The van der Waals surface area contributed by atoms with E-state index in [2.05, 4.69) is 19.2 Å². The lowest BCUT2D eigenvalue weighted by Gasteiger charge is -2.28. The predicted octanol–water partition coefficient (Wildman–Crippen LogP) is 3.46. The van der Waals surface area contributed by atoms with Crippen molar-refractivity contribution in [1.82, 2.24) is 0 Å². The van der Waals surface area contributed by atoms with Crippen molar-refractivity contribution in [3.05, 3.63) is 61.2 Å². The first-order valence-electron chi connectivity index (χ1n) is 6.94. The van der Waals surface area contributed by atoms with Gasteiger partial charge in [-0.1, -0.05) is 42.5 Å². The van der Waals surface area contributed by atoms with Crippen molar-refractivity contribution in [2.24, 2.45) is 17.3 Å². The van der Waals surface area contributed by atoms with Gasteiger partial charge in [-0.05, 0) is 23.8 Å². The number of hydrogen-bond donors (Lipinski definition) is 0. The second kappa shape index (κ2) is 5.97. The maximum atomic E-state index is 12.4. The maximum absolute atomic E-state index is 12.4. The quantitative estimate of drug-likeness (QED) is 0.627. The van der Waals surface area contributed by atoms with Crippen LogP contribution in [0.15, 0.2) is 55.6 Å². The average Bonchev–Trinajstić information content (AvgIpc) is 2.89. The van der Waals surface area contributed by atoms with Gasteiger partial charge in [0.1, 0.15) is 0 Å². The summed E-state index contributed by atoms with van der Waals surface area (Å²) in [6.45, 7) is 7.74. The van der Waals surface area contributed by atoms with Crippen molar-refractivity contribution < 1.29 is 9.53 Å². The molecule has 0 aliphatic heterocycles. The third-order valence-electron chi connectivity index (χ3n) is 4.45. The van der Waals surface area contributed by atoms with E-state index in [1.54, 1.807) is 0 Å². The lowest BCUT2D eigenvalue weighted by atomic mass is 9.72. The molecule has 1 fully saturated rings. The third kappa shape index (κ3) is 2.27. The van der Waals surface area contributed by atoms with Crippen LogP contribution in [-0.2, 0) is 9.53 Å². The number of methoxy groups -OCH3 is 1. The highest BCUT2D eigenvalue weighted by molar-refractivity contribution is 5.82. The zero-order valence-corrected chi connectivity index (χ0v) is 12.2. The molecule has 1 aliphatic rings. The zero-order chi connectivity index (χ0) is 15.5. The highest BCUT2D eigenvalue weighted by Crippen LogP contribution is 2.56. The Hall–Kier alpha value is -2.34. The number of nitrogens with zero attached hydrogens (tertiary/aromatic N) is 1. The number of allylic oxidation sites excluding steroid dienone is 2. The van der Waals surface area contributed by atoms with E-state index >= 15 is 0 Å². The highest BCUT2D eigenvalue weighted by atomic mass is 16.5. The van der Waals surface area contributed by atoms with Gasteiger partial charge in [-0.25, -0.2) is 0 Å². The molecule has 0 heterocycles. The number of nitriles is 1. The monoisotopic (exact) mass is 281 g/mol. The van der Waals surface area contributed by atoms with Crippen molar-refractivity contribution in [2.45, 2.75) is 12.3 Å². The zero-order valence-electron chi connectivity index (χ0n) is 12.2. The first kappa shape index (κ1) is 15.1. The van der Waals surface area contributed by atoms with Crippen LogP contribution < -0.4 is 0 Å². The largest absolute Gasteiger partial charge is 0.468 e. The summed E-state index contributed by atoms with van der Waals surface area (Å²) in [5.74, 6) is -0.721. The van der Waals surface area contributed by atoms with E-state index in [4.69, 9.17) is 4.74 Å². The van der Waals surface area contributed by atoms with Gasteiger partial charge in [-0.3, -0.25) is 4.79 Å². The number of benzene rings is 1. The van der Waals surface area contributed by atoms with Crippen LogP contribution in [-0.4, -0.2) is 13.1 Å². The van der Waals surface area contributed by atoms with Gasteiger partial charge < -0.3 is 4.74 Å². The lowest BCUT2D eigenvalue weighted by Crippen LogP contribution is -2.34. The fourth-order valence-electron chi connectivity index (χ4n) is 3.48. The van der Waals surface area contributed by atoms with Gasteiger partial charge in [0.05, 0.1) is 13.2 Å². The molecule has 3 nitrogen and oxygen atoms in total. The summed E-state index contributed by atoms with van der Waals surface area (Å²) in [5.41, 5.74) is -0.230. The first-order chi connectivity index (χ1) is 10.1. The van der Waals surface area contributed by atoms with Crippen molar-refractivity contribution in [1.29, 1.82) is 5.26 Å². The van der Waals surface area contributed by atoms with Crippen molar-refractivity contribution in [3.63, 3.8) is 0 Å². The number of rotatable bonds is 4. The fourth-order valence-corrected chi connectivity index (χ4v) is 3.48. The van der Waals surface area contributed by atoms with Gasteiger partial charge in [-0.15, -0.1) is 13.2 Å². The second-order valence-corrected chi connectivity index (χ2v) is 5.38. The Morgan fingerprint density at radius 3 is 2.52 bits per heavy atom. The van der Waals surface area contributed by atoms with Crippen LogP contribution in [0.5, 0.6) is 0 Å². The first-order valence-corrected chi connectivity index (χ1v) is 6.94. The molecule has 1 aliphatic carbocycles. The van der Waals surface area contributed by atoms with Gasteiger partial charge in [0.2, 0.25) is 0 Å². The van der Waals surface area contributed by atoms with Gasteiger partial charge in [-0.2, -0.15) is 5.26 Å². The molecule has 4 atom stereocenters. The molecule has 21 heavy (non-hydrogen) atoms. The van der Waals surface area contributed by atoms with E-state index < -0.39 is 11.4 Å². The maximum Gasteiger partial charge on any atom is 0.326 e. The molecule has 1 saturated carbocycles. The molecule has 3 heteroatoms. The molecule has 108 valence electrons. The Morgan fingerprint density at radius 1 is 1.38 bits per heavy atom. The van der Waals surface area contributed by atoms with Crippen LogP contribution in [0.4, 0.5) is 0 Å². The van der Waals surface area contributed by atoms with E-state index in [-0.39, 0.29) is 17.8 Å². The molecule has 0 saturated heterocycles. The van der Waals surface area contributed by atoms with Crippen LogP contribution in [0, 0.1) is 28.6 Å². The Labute approximate surface area is 125 Å². The van der Waals surface area contributed by atoms with Crippen LogP contribution in [0.1, 0.15) is 17.9 Å². The SMILES string of the molecule is C=C[C@@H]1[C@@H](c2ccccc2)[C@](C#N)(C(=O)OC)C[C@@H]1C=C. The summed E-state index contributed by atoms with van der Waals surface area (Å²) < 4.78 is 4.94. The molecule has 0 bridgehead atoms. The summed E-state index contributed by atoms with van der Waals surface area (Å²) in [6, 6.07) is 11.9. The summed E-state index contributed by atoms with van der Waals surface area (Å²) in [4.78, 5) is 12.4. The van der Waals surface area contributed by atoms with Crippen LogP contribution in [0.2, 0.25) is 0 Å². The minimum atomic E-state index is -1.19. The Balaban J connectivity index is 2.62. The van der Waals surface area contributed by atoms with Crippen molar-refractivity contribution in [2.75, 3.05) is 7.11 Å². The van der Waals surface area contributed by atoms with Gasteiger partial charge in [0.25, 0.3) is 0 Å². The topological polar surface area (TPSA) is 50.1 Å². The van der Waals surface area contributed by atoms with Crippen LogP contribution in [0.25, 0.3) is 0 Å². The van der Waals surface area contributed by atoms with Gasteiger partial charge in [0.15, 0.2) is 5.41 Å². The standard InChI is InChI=1S/C18H19NO2/c1-4-13-11-18(12-19,17(20)21-3)16(15(13)5-2)14-9-7-6-8-10-14/h4-10,13,15-16H,1-2,11H2,3H3/t13-,15-,16+,18-/m0/s1. The second-order valence-electron chi connectivity index (χ2n) is 5.38.